The number of pyridine rings is 1. The van der Waals surface area contributed by atoms with E-state index in [-0.39, 0.29) is 17.2 Å². The van der Waals surface area contributed by atoms with Crippen molar-refractivity contribution < 1.29 is 22.7 Å². The van der Waals surface area contributed by atoms with Crippen LogP contribution in [-0.4, -0.2) is 34.4 Å². The second kappa shape index (κ2) is 8.17. The van der Waals surface area contributed by atoms with Gasteiger partial charge in [-0.05, 0) is 13.0 Å². The van der Waals surface area contributed by atoms with E-state index in [9.17, 15) is 18.0 Å². The third-order valence-electron chi connectivity index (χ3n) is 2.62. The van der Waals surface area contributed by atoms with E-state index in [0.29, 0.717) is 10.8 Å². The molecule has 1 amide bonds. The fourth-order valence-electron chi connectivity index (χ4n) is 1.59. The van der Waals surface area contributed by atoms with Gasteiger partial charge in [0.1, 0.15) is 0 Å². The van der Waals surface area contributed by atoms with Crippen LogP contribution in [0.3, 0.4) is 0 Å². The highest BCUT2D eigenvalue weighted by atomic mass is 32.2. The molecule has 2 rings (SSSR count). The Morgan fingerprint density at radius 2 is 2.24 bits per heavy atom. The first-order valence-electron chi connectivity index (χ1n) is 6.72. The van der Waals surface area contributed by atoms with E-state index in [2.05, 4.69) is 20.0 Å². The summed E-state index contributed by atoms with van der Waals surface area (Å²) < 4.78 is 41.5. The van der Waals surface area contributed by atoms with Crippen LogP contribution in [0.5, 0.6) is 5.88 Å². The highest BCUT2D eigenvalue weighted by Crippen LogP contribution is 2.32. The summed E-state index contributed by atoms with van der Waals surface area (Å²) in [6, 6.07) is 4.50. The standard InChI is InChI=1S/C14H11F3N4O2S2/c1-8-12(24-5-4-18)25-13(20-8)21-11(22)9-2-3-10(19-6-9)23-7-14(15,16)17/h2-3,6H,5,7H2,1H3,(H,20,21,22). The van der Waals surface area contributed by atoms with Crippen molar-refractivity contribution in [2.45, 2.75) is 17.3 Å². The van der Waals surface area contributed by atoms with Gasteiger partial charge in [0.2, 0.25) is 5.88 Å². The molecule has 0 fully saturated rings. The van der Waals surface area contributed by atoms with Crippen molar-refractivity contribution in [1.29, 1.82) is 5.26 Å². The van der Waals surface area contributed by atoms with Crippen molar-refractivity contribution in [1.82, 2.24) is 9.97 Å². The number of carbonyl (C=O) groups is 1. The predicted octanol–water partition coefficient (Wildman–Crippen LogP) is 3.66. The van der Waals surface area contributed by atoms with Gasteiger partial charge in [0.25, 0.3) is 5.91 Å². The Labute approximate surface area is 149 Å². The maximum absolute atomic E-state index is 12.1. The molecule has 0 radical (unpaired) electrons. The average Bonchev–Trinajstić information content (AvgIpc) is 2.90. The van der Waals surface area contributed by atoms with E-state index in [1.807, 2.05) is 6.07 Å². The maximum atomic E-state index is 12.1. The molecule has 25 heavy (non-hydrogen) atoms. The summed E-state index contributed by atoms with van der Waals surface area (Å²) in [5.74, 6) is -0.450. The second-order valence-electron chi connectivity index (χ2n) is 4.58. The molecule has 2 aromatic heterocycles. The quantitative estimate of drug-likeness (QED) is 0.760. The normalized spacial score (nSPS) is 11.0. The summed E-state index contributed by atoms with van der Waals surface area (Å²) in [6.45, 7) is 0.313. The Morgan fingerprint density at radius 1 is 1.48 bits per heavy atom. The molecule has 0 aliphatic heterocycles. The van der Waals surface area contributed by atoms with E-state index in [1.165, 1.54) is 35.2 Å². The van der Waals surface area contributed by atoms with Crippen LogP contribution in [-0.2, 0) is 0 Å². The lowest BCUT2D eigenvalue weighted by Gasteiger charge is -2.08. The number of halogens is 3. The number of thiazole rings is 1. The van der Waals surface area contributed by atoms with E-state index in [4.69, 9.17) is 5.26 Å². The number of amides is 1. The number of anilines is 1. The van der Waals surface area contributed by atoms with Crippen molar-refractivity contribution in [3.63, 3.8) is 0 Å². The van der Waals surface area contributed by atoms with E-state index < -0.39 is 18.7 Å². The van der Waals surface area contributed by atoms with Gasteiger partial charge in [0, 0.05) is 12.3 Å². The molecule has 11 heteroatoms. The number of hydrogen-bond donors (Lipinski definition) is 1. The number of nitrogens with zero attached hydrogens (tertiary/aromatic N) is 3. The fourth-order valence-corrected chi connectivity index (χ4v) is 3.39. The summed E-state index contributed by atoms with van der Waals surface area (Å²) in [7, 11) is 0. The number of aromatic nitrogens is 2. The molecule has 2 aromatic rings. The number of ether oxygens (including phenoxy) is 1. The Kier molecular flexibility index (Phi) is 6.22. The largest absolute Gasteiger partial charge is 0.468 e. The molecule has 6 nitrogen and oxygen atoms in total. The van der Waals surface area contributed by atoms with Crippen LogP contribution >= 0.6 is 23.1 Å². The SMILES string of the molecule is Cc1nc(NC(=O)c2ccc(OCC(F)(F)F)nc2)sc1SCC#N. The first-order chi connectivity index (χ1) is 11.8. The molecular weight excluding hydrogens is 377 g/mol. The smallest absolute Gasteiger partial charge is 0.422 e. The molecule has 0 unspecified atom stereocenters. The Hall–Kier alpha value is -2.32. The van der Waals surface area contributed by atoms with Crippen molar-refractivity contribution >= 4 is 34.1 Å². The molecule has 132 valence electrons. The molecule has 0 bridgehead atoms. The van der Waals surface area contributed by atoms with Gasteiger partial charge in [-0.15, -0.1) is 0 Å². The van der Waals surface area contributed by atoms with Gasteiger partial charge in [-0.1, -0.05) is 23.1 Å². The van der Waals surface area contributed by atoms with Gasteiger partial charge in [0.05, 0.1) is 27.3 Å². The number of alkyl halides is 3. The highest BCUT2D eigenvalue weighted by molar-refractivity contribution is 8.01. The topological polar surface area (TPSA) is 87.9 Å². The van der Waals surface area contributed by atoms with Crippen LogP contribution in [0.2, 0.25) is 0 Å². The molecule has 2 heterocycles. The Bertz CT molecular complexity index is 785. The lowest BCUT2D eigenvalue weighted by atomic mass is 10.3. The minimum Gasteiger partial charge on any atom is -0.468 e. The maximum Gasteiger partial charge on any atom is 0.422 e. The minimum atomic E-state index is -4.46. The molecule has 1 N–H and O–H groups in total. The number of thioether (sulfide) groups is 1. The van der Waals surface area contributed by atoms with Gasteiger partial charge in [-0.2, -0.15) is 18.4 Å². The molecule has 0 aliphatic carbocycles. The fraction of sp³-hybridized carbons (Fsp3) is 0.286. The summed E-state index contributed by atoms with van der Waals surface area (Å²) in [4.78, 5) is 20.0. The Morgan fingerprint density at radius 3 is 2.84 bits per heavy atom. The number of aryl methyl sites for hydroxylation is 1. The van der Waals surface area contributed by atoms with Crippen LogP contribution < -0.4 is 10.1 Å². The third kappa shape index (κ3) is 5.91. The van der Waals surface area contributed by atoms with E-state index >= 15 is 0 Å². The van der Waals surface area contributed by atoms with Crippen molar-refractivity contribution in [2.24, 2.45) is 0 Å². The van der Waals surface area contributed by atoms with Crippen molar-refractivity contribution in [3.8, 4) is 11.9 Å². The van der Waals surface area contributed by atoms with Gasteiger partial charge in [-0.3, -0.25) is 10.1 Å². The van der Waals surface area contributed by atoms with Crippen LogP contribution in [0.4, 0.5) is 18.3 Å². The third-order valence-corrected chi connectivity index (χ3v) is 4.93. The summed E-state index contributed by atoms with van der Waals surface area (Å²) in [6.07, 6.45) is -3.34. The number of carbonyl (C=O) groups excluding carboxylic acids is 1. The number of hydrogen-bond acceptors (Lipinski definition) is 7. The van der Waals surface area contributed by atoms with Crippen LogP contribution in [0, 0.1) is 18.3 Å². The molecular formula is C14H11F3N4O2S2. The predicted molar refractivity (Wildman–Crippen MR) is 86.9 cm³/mol. The highest BCUT2D eigenvalue weighted by Gasteiger charge is 2.28. The summed E-state index contributed by atoms with van der Waals surface area (Å²) in [5.41, 5.74) is 0.855. The zero-order valence-electron chi connectivity index (χ0n) is 12.8. The average molecular weight is 388 g/mol. The molecule has 0 saturated heterocycles. The molecule has 0 aromatic carbocycles. The van der Waals surface area contributed by atoms with Gasteiger partial charge in [0.15, 0.2) is 11.7 Å². The molecule has 0 atom stereocenters. The number of nitrogens with one attached hydrogen (secondary N) is 1. The summed E-state index contributed by atoms with van der Waals surface area (Å²) in [5, 5.41) is 11.5. The van der Waals surface area contributed by atoms with Crippen LogP contribution in [0.15, 0.2) is 22.5 Å². The summed E-state index contributed by atoms with van der Waals surface area (Å²) >= 11 is 2.56. The Balaban J connectivity index is 1.98. The first-order valence-corrected chi connectivity index (χ1v) is 8.53. The number of rotatable bonds is 6. The molecule has 0 aliphatic rings. The second-order valence-corrected chi connectivity index (χ2v) is 6.82. The van der Waals surface area contributed by atoms with Gasteiger partial charge >= 0.3 is 6.18 Å². The minimum absolute atomic E-state index is 0.151. The van der Waals surface area contributed by atoms with Crippen molar-refractivity contribution in [2.75, 3.05) is 17.7 Å². The lowest BCUT2D eigenvalue weighted by molar-refractivity contribution is -0.154. The lowest BCUT2D eigenvalue weighted by Crippen LogP contribution is -2.19. The number of nitriles is 1. The zero-order valence-corrected chi connectivity index (χ0v) is 14.4. The zero-order chi connectivity index (χ0) is 18.4. The van der Waals surface area contributed by atoms with Crippen LogP contribution in [0.1, 0.15) is 16.1 Å². The molecule has 0 saturated carbocycles. The monoisotopic (exact) mass is 388 g/mol. The van der Waals surface area contributed by atoms with E-state index in [0.717, 1.165) is 10.4 Å². The van der Waals surface area contributed by atoms with Gasteiger partial charge < -0.3 is 4.74 Å². The van der Waals surface area contributed by atoms with Crippen LogP contribution in [0.25, 0.3) is 0 Å². The van der Waals surface area contributed by atoms with Gasteiger partial charge in [-0.25, -0.2) is 9.97 Å². The van der Waals surface area contributed by atoms with Crippen molar-refractivity contribution in [3.05, 3.63) is 29.6 Å². The van der Waals surface area contributed by atoms with E-state index in [1.54, 1.807) is 6.92 Å². The molecule has 0 spiro atoms. The first kappa shape index (κ1) is 19.0.